The molecule has 0 bridgehead atoms. The highest BCUT2D eigenvalue weighted by molar-refractivity contribution is 4.96. The van der Waals surface area contributed by atoms with E-state index in [2.05, 4.69) is 10.1 Å². The van der Waals surface area contributed by atoms with Gasteiger partial charge in [0.15, 0.2) is 0 Å². The third kappa shape index (κ3) is 1.62. The van der Waals surface area contributed by atoms with Crippen molar-refractivity contribution in [3.8, 4) is 0 Å². The maximum absolute atomic E-state index is 5.31. The van der Waals surface area contributed by atoms with Gasteiger partial charge in [-0.05, 0) is 13.8 Å². The number of rotatable bonds is 3. The van der Waals surface area contributed by atoms with Crippen LogP contribution < -0.4 is 5.73 Å². The topological polar surface area (TPSA) is 74.2 Å². The molecule has 0 amide bonds. The predicted octanol–water partition coefficient (Wildman–Crippen LogP) is 0.410. The van der Waals surface area contributed by atoms with Gasteiger partial charge in [-0.25, -0.2) is 0 Å². The van der Waals surface area contributed by atoms with Gasteiger partial charge < -0.3 is 15.0 Å². The van der Waals surface area contributed by atoms with Gasteiger partial charge in [0.05, 0.1) is 6.54 Å². The molecule has 0 fully saturated rings. The molecule has 1 rings (SSSR count). The normalized spacial score (nSPS) is 12.0. The standard InChI is InChI=1S/C7H13N3O2/c1-7(2,11-3)6-9-5(4-8)12-10-6/h4,8H2,1-3H3. The summed E-state index contributed by atoms with van der Waals surface area (Å²) in [6, 6.07) is 0. The van der Waals surface area contributed by atoms with Crippen LogP contribution in [0.5, 0.6) is 0 Å². The van der Waals surface area contributed by atoms with Crippen molar-refractivity contribution in [1.82, 2.24) is 10.1 Å². The molecule has 2 N–H and O–H groups in total. The Hall–Kier alpha value is -0.940. The van der Waals surface area contributed by atoms with E-state index in [1.165, 1.54) is 0 Å². The second-order valence-corrected chi connectivity index (χ2v) is 2.93. The van der Waals surface area contributed by atoms with Crippen LogP contribution in [0.1, 0.15) is 25.6 Å². The number of nitrogens with zero attached hydrogens (tertiary/aromatic N) is 2. The molecule has 68 valence electrons. The maximum Gasteiger partial charge on any atom is 0.240 e. The number of methoxy groups -OCH3 is 1. The Balaban J connectivity index is 2.88. The smallest absolute Gasteiger partial charge is 0.240 e. The zero-order valence-corrected chi connectivity index (χ0v) is 7.50. The van der Waals surface area contributed by atoms with Crippen molar-refractivity contribution in [1.29, 1.82) is 0 Å². The molecule has 1 aromatic rings. The van der Waals surface area contributed by atoms with Crippen LogP contribution in [0.4, 0.5) is 0 Å². The first-order valence-corrected chi connectivity index (χ1v) is 3.68. The van der Waals surface area contributed by atoms with Crippen molar-refractivity contribution in [2.24, 2.45) is 5.73 Å². The summed E-state index contributed by atoms with van der Waals surface area (Å²) in [6.45, 7) is 3.98. The van der Waals surface area contributed by atoms with Gasteiger partial charge >= 0.3 is 0 Å². The average Bonchev–Trinajstić information content (AvgIpc) is 2.52. The zero-order valence-electron chi connectivity index (χ0n) is 7.50. The van der Waals surface area contributed by atoms with Gasteiger partial charge in [-0.15, -0.1) is 0 Å². The summed E-state index contributed by atoms with van der Waals surface area (Å²) in [5.41, 5.74) is 4.79. The van der Waals surface area contributed by atoms with Crippen LogP contribution in [0.2, 0.25) is 0 Å². The minimum Gasteiger partial charge on any atom is -0.371 e. The third-order valence-corrected chi connectivity index (χ3v) is 1.69. The molecule has 0 atom stereocenters. The van der Waals surface area contributed by atoms with Crippen molar-refractivity contribution in [3.05, 3.63) is 11.7 Å². The molecular weight excluding hydrogens is 158 g/mol. The average molecular weight is 171 g/mol. The predicted molar refractivity (Wildman–Crippen MR) is 42.2 cm³/mol. The first kappa shape index (κ1) is 9.15. The number of aromatic nitrogens is 2. The second kappa shape index (κ2) is 3.20. The minimum atomic E-state index is -0.517. The van der Waals surface area contributed by atoms with Crippen LogP contribution in [0.25, 0.3) is 0 Å². The highest BCUT2D eigenvalue weighted by Crippen LogP contribution is 2.19. The first-order chi connectivity index (χ1) is 5.60. The summed E-state index contributed by atoms with van der Waals surface area (Å²) in [5.74, 6) is 0.945. The van der Waals surface area contributed by atoms with Gasteiger partial charge in [0, 0.05) is 7.11 Å². The van der Waals surface area contributed by atoms with E-state index in [0.29, 0.717) is 11.7 Å². The van der Waals surface area contributed by atoms with Crippen molar-refractivity contribution >= 4 is 0 Å². The van der Waals surface area contributed by atoms with E-state index in [0.717, 1.165) is 0 Å². The highest BCUT2D eigenvalue weighted by Gasteiger charge is 2.25. The van der Waals surface area contributed by atoms with Gasteiger partial charge in [-0.2, -0.15) is 4.98 Å². The van der Waals surface area contributed by atoms with Crippen LogP contribution in [0.3, 0.4) is 0 Å². The summed E-state index contributed by atoms with van der Waals surface area (Å²) < 4.78 is 9.99. The van der Waals surface area contributed by atoms with Gasteiger partial charge in [0.1, 0.15) is 5.60 Å². The molecule has 0 aliphatic heterocycles. The summed E-state index contributed by atoms with van der Waals surface area (Å²) in [4.78, 5) is 4.04. The van der Waals surface area contributed by atoms with Gasteiger partial charge in [0.2, 0.25) is 11.7 Å². The molecular formula is C7H13N3O2. The molecule has 5 heteroatoms. The fraction of sp³-hybridized carbons (Fsp3) is 0.714. The molecule has 0 aliphatic rings. The van der Waals surface area contributed by atoms with E-state index in [1.54, 1.807) is 7.11 Å². The van der Waals surface area contributed by atoms with Crippen molar-refractivity contribution in [3.63, 3.8) is 0 Å². The summed E-state index contributed by atoms with van der Waals surface area (Å²) in [6.07, 6.45) is 0. The largest absolute Gasteiger partial charge is 0.371 e. The number of ether oxygens (including phenoxy) is 1. The molecule has 0 spiro atoms. The van der Waals surface area contributed by atoms with Crippen molar-refractivity contribution in [2.75, 3.05) is 7.11 Å². The Bertz CT molecular complexity index is 257. The Morgan fingerprint density at radius 2 is 2.25 bits per heavy atom. The van der Waals surface area contributed by atoms with Crippen LogP contribution in [-0.2, 0) is 16.9 Å². The highest BCUT2D eigenvalue weighted by atomic mass is 16.5. The molecule has 0 aromatic carbocycles. The molecule has 0 saturated heterocycles. The maximum atomic E-state index is 5.31. The van der Waals surface area contributed by atoms with Crippen molar-refractivity contribution < 1.29 is 9.26 Å². The molecule has 0 saturated carbocycles. The van der Waals surface area contributed by atoms with E-state index in [4.69, 9.17) is 15.0 Å². The first-order valence-electron chi connectivity index (χ1n) is 3.68. The van der Waals surface area contributed by atoms with Crippen LogP contribution >= 0.6 is 0 Å². The molecule has 0 radical (unpaired) electrons. The Morgan fingerprint density at radius 1 is 1.58 bits per heavy atom. The van der Waals surface area contributed by atoms with E-state index < -0.39 is 5.60 Å². The van der Waals surface area contributed by atoms with E-state index in [1.807, 2.05) is 13.8 Å². The van der Waals surface area contributed by atoms with E-state index >= 15 is 0 Å². The number of hydrogen-bond donors (Lipinski definition) is 1. The van der Waals surface area contributed by atoms with Crippen molar-refractivity contribution in [2.45, 2.75) is 26.0 Å². The number of hydrogen-bond acceptors (Lipinski definition) is 5. The lowest BCUT2D eigenvalue weighted by Crippen LogP contribution is -2.21. The number of nitrogens with two attached hydrogens (primary N) is 1. The lowest BCUT2D eigenvalue weighted by Gasteiger charge is -2.17. The monoisotopic (exact) mass is 171 g/mol. The molecule has 12 heavy (non-hydrogen) atoms. The summed E-state index contributed by atoms with van der Waals surface area (Å²) in [7, 11) is 1.60. The van der Waals surface area contributed by atoms with Crippen LogP contribution in [0, 0.1) is 0 Å². The summed E-state index contributed by atoms with van der Waals surface area (Å²) in [5, 5.41) is 3.74. The Morgan fingerprint density at radius 3 is 2.67 bits per heavy atom. The van der Waals surface area contributed by atoms with E-state index in [-0.39, 0.29) is 6.54 Å². The minimum absolute atomic E-state index is 0.257. The molecule has 1 aromatic heterocycles. The third-order valence-electron chi connectivity index (χ3n) is 1.69. The van der Waals surface area contributed by atoms with Gasteiger partial charge in [-0.3, -0.25) is 0 Å². The Kier molecular flexibility index (Phi) is 2.44. The Labute approximate surface area is 70.9 Å². The van der Waals surface area contributed by atoms with E-state index in [9.17, 15) is 0 Å². The quantitative estimate of drug-likeness (QED) is 0.713. The zero-order chi connectivity index (χ0) is 9.19. The van der Waals surface area contributed by atoms with Crippen LogP contribution in [0.15, 0.2) is 4.52 Å². The fourth-order valence-electron chi connectivity index (χ4n) is 0.674. The second-order valence-electron chi connectivity index (χ2n) is 2.93. The molecule has 5 nitrogen and oxygen atoms in total. The SMILES string of the molecule is COC(C)(C)c1noc(CN)n1. The lowest BCUT2D eigenvalue weighted by atomic mass is 10.1. The van der Waals surface area contributed by atoms with Gasteiger partial charge in [-0.1, -0.05) is 5.16 Å². The molecule has 1 heterocycles. The van der Waals surface area contributed by atoms with Crippen LogP contribution in [-0.4, -0.2) is 17.3 Å². The lowest BCUT2D eigenvalue weighted by molar-refractivity contribution is 0.00973. The molecule has 0 aliphatic carbocycles. The summed E-state index contributed by atoms with van der Waals surface area (Å²) >= 11 is 0. The molecule has 0 unspecified atom stereocenters. The fourth-order valence-corrected chi connectivity index (χ4v) is 0.674. The van der Waals surface area contributed by atoms with Gasteiger partial charge in [0.25, 0.3) is 0 Å².